The largest absolute Gasteiger partial charge is 0.313 e. The summed E-state index contributed by atoms with van der Waals surface area (Å²) in [6.07, 6.45) is 10.9. The van der Waals surface area contributed by atoms with E-state index in [1.165, 1.54) is 67.0 Å². The first-order valence-corrected chi connectivity index (χ1v) is 8.91. The highest BCUT2D eigenvalue weighted by atomic mass is 79.9. The summed E-state index contributed by atoms with van der Waals surface area (Å²) in [7, 11) is 2.07. The predicted octanol–water partition coefficient (Wildman–Crippen LogP) is 6.16. The Hall–Kier alpha value is -0.340. The maximum absolute atomic E-state index is 3.60. The van der Waals surface area contributed by atoms with Gasteiger partial charge in [-0.2, -0.15) is 0 Å². The molecule has 1 aromatic rings. The minimum atomic E-state index is 0.488. The first-order chi connectivity index (χ1) is 9.67. The van der Waals surface area contributed by atoms with E-state index < -0.39 is 0 Å². The summed E-state index contributed by atoms with van der Waals surface area (Å²) >= 11 is 3.60. The van der Waals surface area contributed by atoms with E-state index >= 15 is 0 Å². The number of halogens is 1. The Morgan fingerprint density at radius 1 is 1.00 bits per heavy atom. The second kappa shape index (κ2) is 10.4. The monoisotopic (exact) mass is 339 g/mol. The van der Waals surface area contributed by atoms with Crippen LogP contribution in [-0.2, 0) is 0 Å². The predicted molar refractivity (Wildman–Crippen MR) is 93.3 cm³/mol. The first-order valence-electron chi connectivity index (χ1n) is 8.11. The van der Waals surface area contributed by atoms with Crippen molar-refractivity contribution in [3.63, 3.8) is 0 Å². The molecule has 2 heteroatoms. The van der Waals surface area contributed by atoms with E-state index in [0.29, 0.717) is 6.04 Å². The molecule has 1 atom stereocenters. The van der Waals surface area contributed by atoms with Crippen LogP contribution in [0.25, 0.3) is 0 Å². The molecular weight excluding hydrogens is 310 g/mol. The standard InChI is InChI=1S/C18H30BrN/c1-4-5-6-7-8-9-10-11-18(20-3)16-12-15(2)13-17(19)14-16/h12-14,18,20H,4-11H2,1-3H3. The van der Waals surface area contributed by atoms with Crippen LogP contribution in [0.5, 0.6) is 0 Å². The zero-order chi connectivity index (χ0) is 14.8. The SMILES string of the molecule is CCCCCCCCCC(NC)c1cc(C)cc(Br)c1. The number of nitrogens with one attached hydrogen (secondary N) is 1. The molecule has 0 aromatic heterocycles. The summed E-state index contributed by atoms with van der Waals surface area (Å²) in [4.78, 5) is 0. The van der Waals surface area contributed by atoms with Crippen molar-refractivity contribution >= 4 is 15.9 Å². The highest BCUT2D eigenvalue weighted by Gasteiger charge is 2.09. The molecule has 0 fully saturated rings. The Bertz CT molecular complexity index is 355. The van der Waals surface area contributed by atoms with Crippen LogP contribution < -0.4 is 5.32 Å². The van der Waals surface area contributed by atoms with Crippen LogP contribution in [0.4, 0.5) is 0 Å². The first kappa shape index (κ1) is 17.7. The van der Waals surface area contributed by atoms with Gasteiger partial charge in [-0.15, -0.1) is 0 Å². The van der Waals surface area contributed by atoms with Crippen molar-refractivity contribution in [2.24, 2.45) is 0 Å². The lowest BCUT2D eigenvalue weighted by atomic mass is 9.98. The molecule has 114 valence electrons. The molecule has 1 N–H and O–H groups in total. The minimum absolute atomic E-state index is 0.488. The van der Waals surface area contributed by atoms with Gasteiger partial charge in [0.25, 0.3) is 0 Å². The Morgan fingerprint density at radius 3 is 2.25 bits per heavy atom. The third-order valence-corrected chi connectivity index (χ3v) is 4.37. The maximum Gasteiger partial charge on any atom is 0.0318 e. The lowest BCUT2D eigenvalue weighted by Crippen LogP contribution is -2.16. The molecule has 0 aliphatic heterocycles. The lowest BCUT2D eigenvalue weighted by molar-refractivity contribution is 0.495. The summed E-state index contributed by atoms with van der Waals surface area (Å²) in [5, 5.41) is 3.46. The number of unbranched alkanes of at least 4 members (excludes halogenated alkanes) is 6. The van der Waals surface area contributed by atoms with Gasteiger partial charge >= 0.3 is 0 Å². The van der Waals surface area contributed by atoms with E-state index in [4.69, 9.17) is 0 Å². The summed E-state index contributed by atoms with van der Waals surface area (Å²) in [5.74, 6) is 0. The van der Waals surface area contributed by atoms with Crippen LogP contribution in [0.2, 0.25) is 0 Å². The minimum Gasteiger partial charge on any atom is -0.313 e. The second-order valence-corrected chi connectivity index (χ2v) is 6.73. The molecule has 1 unspecified atom stereocenters. The second-order valence-electron chi connectivity index (χ2n) is 5.81. The number of aryl methyl sites for hydroxylation is 1. The molecular formula is C18H30BrN. The van der Waals surface area contributed by atoms with Gasteiger partial charge in [0.1, 0.15) is 0 Å². The average molecular weight is 340 g/mol. The fourth-order valence-electron chi connectivity index (χ4n) is 2.75. The van der Waals surface area contributed by atoms with Gasteiger partial charge in [0.05, 0.1) is 0 Å². The van der Waals surface area contributed by atoms with Crippen LogP contribution in [-0.4, -0.2) is 7.05 Å². The van der Waals surface area contributed by atoms with Crippen LogP contribution in [0.3, 0.4) is 0 Å². The van der Waals surface area contributed by atoms with E-state index in [0.717, 1.165) is 0 Å². The Labute approximate surface area is 133 Å². The van der Waals surface area contributed by atoms with E-state index in [9.17, 15) is 0 Å². The van der Waals surface area contributed by atoms with Gasteiger partial charge in [0.15, 0.2) is 0 Å². The highest BCUT2D eigenvalue weighted by molar-refractivity contribution is 9.10. The molecule has 0 aliphatic rings. The molecule has 0 radical (unpaired) electrons. The summed E-state index contributed by atoms with van der Waals surface area (Å²) in [6, 6.07) is 7.20. The van der Waals surface area contributed by atoms with Crippen molar-refractivity contribution in [3.05, 3.63) is 33.8 Å². The van der Waals surface area contributed by atoms with Gasteiger partial charge in [-0.3, -0.25) is 0 Å². The van der Waals surface area contributed by atoms with E-state index in [1.807, 2.05) is 0 Å². The zero-order valence-corrected chi connectivity index (χ0v) is 14.9. The zero-order valence-electron chi connectivity index (χ0n) is 13.3. The number of benzene rings is 1. The molecule has 20 heavy (non-hydrogen) atoms. The molecule has 0 amide bonds. The fraction of sp³-hybridized carbons (Fsp3) is 0.667. The Balaban J connectivity index is 2.32. The van der Waals surface area contributed by atoms with Crippen molar-refractivity contribution in [2.45, 2.75) is 71.3 Å². The molecule has 0 bridgehead atoms. The van der Waals surface area contributed by atoms with E-state index in [1.54, 1.807) is 0 Å². The van der Waals surface area contributed by atoms with Gasteiger partial charge in [-0.05, 0) is 43.7 Å². The third-order valence-electron chi connectivity index (χ3n) is 3.91. The highest BCUT2D eigenvalue weighted by Crippen LogP contribution is 2.24. The van der Waals surface area contributed by atoms with Crippen molar-refractivity contribution in [1.82, 2.24) is 5.32 Å². The normalized spacial score (nSPS) is 12.6. The topological polar surface area (TPSA) is 12.0 Å². The maximum atomic E-state index is 3.60. The summed E-state index contributed by atoms with van der Waals surface area (Å²) < 4.78 is 1.19. The van der Waals surface area contributed by atoms with Gasteiger partial charge in [0.2, 0.25) is 0 Å². The third kappa shape index (κ3) is 6.90. The molecule has 1 aromatic carbocycles. The molecule has 1 rings (SSSR count). The van der Waals surface area contributed by atoms with Crippen molar-refractivity contribution in [3.8, 4) is 0 Å². The van der Waals surface area contributed by atoms with Crippen LogP contribution >= 0.6 is 15.9 Å². The molecule has 1 nitrogen and oxygen atoms in total. The van der Waals surface area contributed by atoms with Gasteiger partial charge in [-0.1, -0.05) is 73.9 Å². The number of rotatable bonds is 10. The average Bonchev–Trinajstić information content (AvgIpc) is 2.41. The van der Waals surface area contributed by atoms with Gasteiger partial charge in [0, 0.05) is 10.5 Å². The molecule has 0 heterocycles. The molecule has 0 spiro atoms. The van der Waals surface area contributed by atoms with Gasteiger partial charge < -0.3 is 5.32 Å². The van der Waals surface area contributed by atoms with Crippen LogP contribution in [0.15, 0.2) is 22.7 Å². The molecule has 0 saturated carbocycles. The fourth-order valence-corrected chi connectivity index (χ4v) is 3.37. The van der Waals surface area contributed by atoms with Crippen molar-refractivity contribution in [2.75, 3.05) is 7.05 Å². The van der Waals surface area contributed by atoms with Gasteiger partial charge in [-0.25, -0.2) is 0 Å². The summed E-state index contributed by atoms with van der Waals surface area (Å²) in [6.45, 7) is 4.44. The summed E-state index contributed by atoms with van der Waals surface area (Å²) in [5.41, 5.74) is 2.74. The van der Waals surface area contributed by atoms with Crippen molar-refractivity contribution < 1.29 is 0 Å². The quantitative estimate of drug-likeness (QED) is 0.503. The Morgan fingerprint density at radius 2 is 1.65 bits per heavy atom. The van der Waals surface area contributed by atoms with Crippen LogP contribution in [0, 0.1) is 6.92 Å². The number of hydrogen-bond donors (Lipinski definition) is 1. The van der Waals surface area contributed by atoms with Crippen molar-refractivity contribution in [1.29, 1.82) is 0 Å². The smallest absolute Gasteiger partial charge is 0.0318 e. The lowest BCUT2D eigenvalue weighted by Gasteiger charge is -2.17. The molecule has 0 saturated heterocycles. The van der Waals surface area contributed by atoms with Crippen LogP contribution in [0.1, 0.15) is 75.5 Å². The molecule has 0 aliphatic carbocycles. The number of hydrogen-bond acceptors (Lipinski definition) is 1. The Kier molecular flexibility index (Phi) is 9.21. The van der Waals surface area contributed by atoms with E-state index in [-0.39, 0.29) is 0 Å². The van der Waals surface area contributed by atoms with E-state index in [2.05, 4.69) is 60.3 Å².